The van der Waals surface area contributed by atoms with Gasteiger partial charge in [0.1, 0.15) is 0 Å². The van der Waals surface area contributed by atoms with Gasteiger partial charge < -0.3 is 5.11 Å². The van der Waals surface area contributed by atoms with Crippen molar-refractivity contribution in [3.05, 3.63) is 47.5 Å². The van der Waals surface area contributed by atoms with E-state index in [2.05, 4.69) is 0 Å². The molecule has 0 unspecified atom stereocenters. The highest BCUT2D eigenvalue weighted by Crippen LogP contribution is 2.28. The Morgan fingerprint density at radius 3 is 2.25 bits per heavy atom. The zero-order valence-electron chi connectivity index (χ0n) is 8.16. The molecule has 1 N–H and O–H groups in total. The molecule has 0 amide bonds. The van der Waals surface area contributed by atoms with Crippen molar-refractivity contribution in [2.24, 2.45) is 0 Å². The summed E-state index contributed by atoms with van der Waals surface area (Å²) in [6.45, 7) is 0. The fourth-order valence-electron chi connectivity index (χ4n) is 1.20. The van der Waals surface area contributed by atoms with E-state index < -0.39 is 24.1 Å². The van der Waals surface area contributed by atoms with Crippen LogP contribution in [0, 0.1) is 0 Å². The van der Waals surface area contributed by atoms with Crippen LogP contribution in [-0.2, 0) is 11.2 Å². The minimum Gasteiger partial charge on any atom is -0.478 e. The van der Waals surface area contributed by atoms with E-state index in [0.29, 0.717) is 5.56 Å². The zero-order valence-corrected chi connectivity index (χ0v) is 8.16. The Morgan fingerprint density at radius 2 is 1.81 bits per heavy atom. The number of benzene rings is 1. The van der Waals surface area contributed by atoms with Crippen molar-refractivity contribution in [3.63, 3.8) is 0 Å². The van der Waals surface area contributed by atoms with E-state index >= 15 is 0 Å². The normalized spacial score (nSPS) is 12.6. The Balaban J connectivity index is 2.93. The number of carbonyl (C=O) groups is 1. The summed E-state index contributed by atoms with van der Waals surface area (Å²) in [6.07, 6.45) is -4.85. The molecule has 0 aromatic heterocycles. The van der Waals surface area contributed by atoms with Crippen LogP contribution in [-0.4, -0.2) is 17.3 Å². The molecule has 0 aliphatic heterocycles. The van der Waals surface area contributed by atoms with Crippen LogP contribution in [0.2, 0.25) is 0 Å². The van der Waals surface area contributed by atoms with Gasteiger partial charge >= 0.3 is 12.1 Å². The number of hydrogen-bond acceptors (Lipinski definition) is 1. The molecule has 5 heteroatoms. The number of carboxylic acid groups (broad SMARTS) is 1. The summed E-state index contributed by atoms with van der Waals surface area (Å²) < 4.78 is 37.3. The van der Waals surface area contributed by atoms with E-state index in [0.717, 1.165) is 0 Å². The maximum Gasteiger partial charge on any atom is 0.413 e. The molecular weight excluding hydrogens is 221 g/mol. The monoisotopic (exact) mass is 230 g/mol. The van der Waals surface area contributed by atoms with Gasteiger partial charge in [0.2, 0.25) is 0 Å². The minimum atomic E-state index is -4.62. The highest BCUT2D eigenvalue weighted by Gasteiger charge is 2.33. The molecule has 0 aliphatic carbocycles. The summed E-state index contributed by atoms with van der Waals surface area (Å²) >= 11 is 0. The first-order chi connectivity index (χ1) is 7.39. The van der Waals surface area contributed by atoms with E-state index in [-0.39, 0.29) is 6.08 Å². The second-order valence-electron chi connectivity index (χ2n) is 3.17. The SMILES string of the molecule is O=C(O)/C=C(\Cc1ccccc1)C(F)(F)F. The van der Waals surface area contributed by atoms with Crippen LogP contribution in [0.15, 0.2) is 42.0 Å². The standard InChI is InChI=1S/C11H9F3O2/c12-11(13,14)9(7-10(15)16)6-8-4-2-1-3-5-8/h1-5,7H,6H2,(H,15,16)/b9-7+. The maximum atomic E-state index is 12.4. The van der Waals surface area contributed by atoms with Crippen LogP contribution in [0.1, 0.15) is 5.56 Å². The second kappa shape index (κ2) is 4.83. The smallest absolute Gasteiger partial charge is 0.413 e. The molecule has 16 heavy (non-hydrogen) atoms. The molecule has 0 bridgehead atoms. The molecule has 0 saturated heterocycles. The molecule has 0 fully saturated rings. The predicted octanol–water partition coefficient (Wildman–Crippen LogP) is 2.80. The van der Waals surface area contributed by atoms with Crippen LogP contribution >= 0.6 is 0 Å². The topological polar surface area (TPSA) is 37.3 Å². The fraction of sp³-hybridized carbons (Fsp3) is 0.182. The molecule has 0 spiro atoms. The Bertz CT molecular complexity index is 393. The summed E-state index contributed by atoms with van der Waals surface area (Å²) in [5.74, 6) is -1.59. The van der Waals surface area contributed by atoms with Gasteiger partial charge in [0.25, 0.3) is 0 Å². The van der Waals surface area contributed by atoms with E-state index in [9.17, 15) is 18.0 Å². The van der Waals surface area contributed by atoms with Crippen molar-refractivity contribution < 1.29 is 23.1 Å². The fourth-order valence-corrected chi connectivity index (χ4v) is 1.20. The first-order valence-corrected chi connectivity index (χ1v) is 4.44. The van der Waals surface area contributed by atoms with E-state index in [1.807, 2.05) is 0 Å². The largest absolute Gasteiger partial charge is 0.478 e. The molecule has 1 aromatic carbocycles. The van der Waals surface area contributed by atoms with Gasteiger partial charge in [-0.05, 0) is 5.56 Å². The van der Waals surface area contributed by atoms with Gasteiger partial charge in [-0.25, -0.2) is 4.79 Å². The van der Waals surface area contributed by atoms with Gasteiger partial charge in [0, 0.05) is 18.1 Å². The van der Waals surface area contributed by atoms with Crippen molar-refractivity contribution in [1.29, 1.82) is 0 Å². The predicted molar refractivity (Wildman–Crippen MR) is 51.9 cm³/mol. The molecule has 0 saturated carbocycles. The lowest BCUT2D eigenvalue weighted by Gasteiger charge is -2.10. The summed E-state index contributed by atoms with van der Waals surface area (Å²) in [5, 5.41) is 8.35. The number of allylic oxidation sites excluding steroid dienone is 1. The van der Waals surface area contributed by atoms with Gasteiger partial charge in [0.15, 0.2) is 0 Å². The molecule has 1 rings (SSSR count). The third kappa shape index (κ3) is 3.76. The van der Waals surface area contributed by atoms with Gasteiger partial charge in [-0.1, -0.05) is 30.3 Å². The van der Waals surface area contributed by atoms with Crippen molar-refractivity contribution >= 4 is 5.97 Å². The Morgan fingerprint density at radius 1 is 1.25 bits per heavy atom. The number of rotatable bonds is 3. The average molecular weight is 230 g/mol. The lowest BCUT2D eigenvalue weighted by molar-refractivity contribution is -0.132. The Kier molecular flexibility index (Phi) is 3.71. The van der Waals surface area contributed by atoms with Crippen LogP contribution < -0.4 is 0 Å². The van der Waals surface area contributed by atoms with Crippen LogP contribution in [0.3, 0.4) is 0 Å². The number of hydrogen-bond donors (Lipinski definition) is 1. The van der Waals surface area contributed by atoms with Gasteiger partial charge in [-0.15, -0.1) is 0 Å². The van der Waals surface area contributed by atoms with Crippen molar-refractivity contribution in [1.82, 2.24) is 0 Å². The highest BCUT2D eigenvalue weighted by molar-refractivity contribution is 5.81. The van der Waals surface area contributed by atoms with Gasteiger partial charge in [0.05, 0.1) is 0 Å². The lowest BCUT2D eigenvalue weighted by Crippen LogP contribution is -2.15. The summed E-state index contributed by atoms with van der Waals surface area (Å²) in [5.41, 5.74) is -0.640. The molecule has 0 atom stereocenters. The summed E-state index contributed by atoms with van der Waals surface area (Å²) in [6, 6.07) is 7.91. The van der Waals surface area contributed by atoms with E-state index in [4.69, 9.17) is 5.11 Å². The number of alkyl halides is 3. The number of carboxylic acids is 1. The number of halogens is 3. The third-order valence-corrected chi connectivity index (χ3v) is 1.90. The first-order valence-electron chi connectivity index (χ1n) is 4.44. The van der Waals surface area contributed by atoms with E-state index in [1.54, 1.807) is 18.2 Å². The Hall–Kier alpha value is -1.78. The lowest BCUT2D eigenvalue weighted by atomic mass is 10.0. The van der Waals surface area contributed by atoms with Crippen molar-refractivity contribution in [3.8, 4) is 0 Å². The minimum absolute atomic E-state index is 0.201. The summed E-state index contributed by atoms with van der Waals surface area (Å²) in [7, 11) is 0. The molecule has 2 nitrogen and oxygen atoms in total. The second-order valence-corrected chi connectivity index (χ2v) is 3.17. The Labute approximate surface area is 90.0 Å². The van der Waals surface area contributed by atoms with Crippen molar-refractivity contribution in [2.75, 3.05) is 0 Å². The van der Waals surface area contributed by atoms with Crippen LogP contribution in [0.5, 0.6) is 0 Å². The highest BCUT2D eigenvalue weighted by atomic mass is 19.4. The average Bonchev–Trinajstić information content (AvgIpc) is 2.16. The molecule has 1 aromatic rings. The molecule has 0 aliphatic rings. The zero-order chi connectivity index (χ0) is 12.2. The molecule has 0 radical (unpaired) electrons. The van der Waals surface area contributed by atoms with Crippen molar-refractivity contribution in [2.45, 2.75) is 12.6 Å². The third-order valence-electron chi connectivity index (χ3n) is 1.90. The summed E-state index contributed by atoms with van der Waals surface area (Å²) in [4.78, 5) is 10.3. The molecular formula is C11H9F3O2. The molecule has 0 heterocycles. The number of aliphatic carboxylic acids is 1. The molecule has 86 valence electrons. The van der Waals surface area contributed by atoms with Crippen LogP contribution in [0.25, 0.3) is 0 Å². The van der Waals surface area contributed by atoms with Gasteiger partial charge in [-0.3, -0.25) is 0 Å². The van der Waals surface area contributed by atoms with E-state index in [1.165, 1.54) is 12.1 Å². The first kappa shape index (κ1) is 12.3. The quantitative estimate of drug-likeness (QED) is 0.810. The van der Waals surface area contributed by atoms with Crippen LogP contribution in [0.4, 0.5) is 13.2 Å². The maximum absolute atomic E-state index is 12.4. The van der Waals surface area contributed by atoms with Gasteiger partial charge in [-0.2, -0.15) is 13.2 Å².